The fourth-order valence-electron chi connectivity index (χ4n) is 3.46. The molecule has 1 fully saturated rings. The maximum absolute atomic E-state index is 12.7. The summed E-state index contributed by atoms with van der Waals surface area (Å²) < 4.78 is 10.6. The molecule has 5 heteroatoms. The van der Waals surface area contributed by atoms with Crippen LogP contribution in [0.3, 0.4) is 0 Å². The van der Waals surface area contributed by atoms with E-state index in [0.717, 1.165) is 44.0 Å². The zero-order valence-electron chi connectivity index (χ0n) is 16.4. The molecule has 0 N–H and O–H groups in total. The van der Waals surface area contributed by atoms with Crippen molar-refractivity contribution in [3.05, 3.63) is 59.2 Å². The quantitative estimate of drug-likeness (QED) is 0.786. The number of carbonyl (C=O) groups is 1. The van der Waals surface area contributed by atoms with Gasteiger partial charge in [-0.15, -0.1) is 0 Å². The number of aryl methyl sites for hydroxylation is 1. The summed E-state index contributed by atoms with van der Waals surface area (Å²) in [6.45, 7) is 6.43. The highest BCUT2D eigenvalue weighted by Crippen LogP contribution is 2.25. The molecule has 5 nitrogen and oxygen atoms in total. The highest BCUT2D eigenvalue weighted by atomic mass is 16.5. The fraction of sp³-hybridized carbons (Fsp3) is 0.409. The average molecular weight is 368 g/mol. The lowest BCUT2D eigenvalue weighted by atomic mass is 10.1. The number of nitrogens with zero attached hydrogens (tertiary/aromatic N) is 2. The topological polar surface area (TPSA) is 42.0 Å². The molecule has 0 bridgehead atoms. The monoisotopic (exact) mass is 368 g/mol. The van der Waals surface area contributed by atoms with E-state index in [9.17, 15) is 4.79 Å². The number of carbonyl (C=O) groups excluding carboxylic acids is 1. The van der Waals surface area contributed by atoms with Crippen LogP contribution in [-0.4, -0.2) is 56.1 Å². The highest BCUT2D eigenvalue weighted by molar-refractivity contribution is 5.79. The molecule has 1 heterocycles. The SMILES string of the molecule is COc1ccc(CC(=O)N2CCN(Cc3ccccc3C)CC2)c(OC)c1. The normalized spacial score (nSPS) is 14.9. The predicted molar refractivity (Wildman–Crippen MR) is 106 cm³/mol. The van der Waals surface area contributed by atoms with Crippen LogP contribution in [0.5, 0.6) is 11.5 Å². The highest BCUT2D eigenvalue weighted by Gasteiger charge is 2.22. The van der Waals surface area contributed by atoms with E-state index in [1.807, 2.05) is 23.1 Å². The van der Waals surface area contributed by atoms with Crippen LogP contribution in [0.25, 0.3) is 0 Å². The Morgan fingerprint density at radius 2 is 1.70 bits per heavy atom. The molecule has 144 valence electrons. The van der Waals surface area contributed by atoms with Gasteiger partial charge < -0.3 is 14.4 Å². The Bertz CT molecular complexity index is 783. The molecule has 3 rings (SSSR count). The summed E-state index contributed by atoms with van der Waals surface area (Å²) in [5.74, 6) is 1.57. The van der Waals surface area contributed by atoms with Gasteiger partial charge >= 0.3 is 0 Å². The predicted octanol–water partition coefficient (Wildman–Crippen LogP) is 2.90. The molecule has 0 saturated carbocycles. The minimum atomic E-state index is 0.147. The number of hydrogen-bond donors (Lipinski definition) is 0. The standard InChI is InChI=1S/C22H28N2O3/c1-17-6-4-5-7-19(17)16-23-10-12-24(13-11-23)22(25)14-18-8-9-20(26-2)15-21(18)27-3/h4-9,15H,10-14,16H2,1-3H3. The molecule has 1 aliphatic rings. The van der Waals surface area contributed by atoms with Crippen LogP contribution in [0.4, 0.5) is 0 Å². The maximum atomic E-state index is 12.7. The van der Waals surface area contributed by atoms with Crippen molar-refractivity contribution in [3.63, 3.8) is 0 Å². The summed E-state index contributed by atoms with van der Waals surface area (Å²) >= 11 is 0. The molecule has 0 spiro atoms. The maximum Gasteiger partial charge on any atom is 0.227 e. The lowest BCUT2D eigenvalue weighted by Crippen LogP contribution is -2.48. The second kappa shape index (κ2) is 8.91. The van der Waals surface area contributed by atoms with Gasteiger partial charge in [0.1, 0.15) is 11.5 Å². The number of rotatable bonds is 6. The van der Waals surface area contributed by atoms with Crippen LogP contribution in [0, 0.1) is 6.92 Å². The Labute approximate surface area is 161 Å². The summed E-state index contributed by atoms with van der Waals surface area (Å²) in [5.41, 5.74) is 3.58. The van der Waals surface area contributed by atoms with Gasteiger partial charge in [0.05, 0.1) is 20.6 Å². The molecule has 0 aromatic heterocycles. The van der Waals surface area contributed by atoms with Crippen molar-refractivity contribution in [3.8, 4) is 11.5 Å². The van der Waals surface area contributed by atoms with Crippen LogP contribution in [0.1, 0.15) is 16.7 Å². The minimum absolute atomic E-state index is 0.147. The lowest BCUT2D eigenvalue weighted by molar-refractivity contribution is -0.132. The minimum Gasteiger partial charge on any atom is -0.497 e. The summed E-state index contributed by atoms with van der Waals surface area (Å²) in [6, 6.07) is 14.1. The number of amides is 1. The van der Waals surface area contributed by atoms with E-state index in [2.05, 4.69) is 36.1 Å². The van der Waals surface area contributed by atoms with Crippen molar-refractivity contribution < 1.29 is 14.3 Å². The Morgan fingerprint density at radius 3 is 2.37 bits per heavy atom. The van der Waals surface area contributed by atoms with E-state index in [1.54, 1.807) is 14.2 Å². The summed E-state index contributed by atoms with van der Waals surface area (Å²) in [4.78, 5) is 17.1. The molecule has 1 saturated heterocycles. The average Bonchev–Trinajstić information content (AvgIpc) is 2.70. The van der Waals surface area contributed by atoms with Crippen molar-refractivity contribution >= 4 is 5.91 Å². The van der Waals surface area contributed by atoms with Gasteiger partial charge in [-0.05, 0) is 24.1 Å². The largest absolute Gasteiger partial charge is 0.497 e. The number of hydrogen-bond acceptors (Lipinski definition) is 4. The molecule has 0 aliphatic carbocycles. The Morgan fingerprint density at radius 1 is 0.963 bits per heavy atom. The molecule has 2 aromatic rings. The first-order valence-electron chi connectivity index (χ1n) is 9.36. The molecule has 1 amide bonds. The van der Waals surface area contributed by atoms with Crippen molar-refractivity contribution in [1.82, 2.24) is 9.80 Å². The van der Waals surface area contributed by atoms with E-state index in [0.29, 0.717) is 12.2 Å². The zero-order chi connectivity index (χ0) is 19.2. The summed E-state index contributed by atoms with van der Waals surface area (Å²) in [5, 5.41) is 0. The molecular weight excluding hydrogens is 340 g/mol. The van der Waals surface area contributed by atoms with Gasteiger partial charge in [-0.1, -0.05) is 30.3 Å². The van der Waals surface area contributed by atoms with E-state index < -0.39 is 0 Å². The van der Waals surface area contributed by atoms with Gasteiger partial charge in [0.15, 0.2) is 0 Å². The third-order valence-corrected chi connectivity index (χ3v) is 5.22. The number of methoxy groups -OCH3 is 2. The van der Waals surface area contributed by atoms with Crippen LogP contribution in [0.2, 0.25) is 0 Å². The van der Waals surface area contributed by atoms with Crippen molar-refractivity contribution in [2.75, 3.05) is 40.4 Å². The van der Waals surface area contributed by atoms with Gasteiger partial charge in [-0.3, -0.25) is 9.69 Å². The second-order valence-corrected chi connectivity index (χ2v) is 6.94. The molecule has 2 aromatic carbocycles. The Balaban J connectivity index is 1.55. The fourth-order valence-corrected chi connectivity index (χ4v) is 3.46. The molecular formula is C22H28N2O3. The van der Waals surface area contributed by atoms with E-state index in [-0.39, 0.29) is 5.91 Å². The van der Waals surface area contributed by atoms with Gasteiger partial charge in [0.2, 0.25) is 5.91 Å². The lowest BCUT2D eigenvalue weighted by Gasteiger charge is -2.35. The Hall–Kier alpha value is -2.53. The summed E-state index contributed by atoms with van der Waals surface area (Å²) in [7, 11) is 3.24. The smallest absolute Gasteiger partial charge is 0.227 e. The zero-order valence-corrected chi connectivity index (χ0v) is 16.4. The van der Waals surface area contributed by atoms with Crippen molar-refractivity contribution in [2.45, 2.75) is 19.9 Å². The van der Waals surface area contributed by atoms with Crippen molar-refractivity contribution in [2.24, 2.45) is 0 Å². The number of piperazine rings is 1. The van der Waals surface area contributed by atoms with Crippen molar-refractivity contribution in [1.29, 1.82) is 0 Å². The van der Waals surface area contributed by atoms with E-state index in [4.69, 9.17) is 9.47 Å². The van der Waals surface area contributed by atoms with Gasteiger partial charge in [0.25, 0.3) is 0 Å². The third kappa shape index (κ3) is 4.80. The van der Waals surface area contributed by atoms with Gasteiger partial charge in [-0.2, -0.15) is 0 Å². The van der Waals surface area contributed by atoms with Gasteiger partial charge in [-0.25, -0.2) is 0 Å². The van der Waals surface area contributed by atoms with E-state index in [1.165, 1.54) is 11.1 Å². The first-order valence-corrected chi connectivity index (χ1v) is 9.36. The number of benzene rings is 2. The van der Waals surface area contributed by atoms with Crippen LogP contribution < -0.4 is 9.47 Å². The first kappa shape index (κ1) is 19.2. The second-order valence-electron chi connectivity index (χ2n) is 6.94. The Kier molecular flexibility index (Phi) is 6.35. The number of ether oxygens (including phenoxy) is 2. The third-order valence-electron chi connectivity index (χ3n) is 5.22. The van der Waals surface area contributed by atoms with Crippen LogP contribution >= 0.6 is 0 Å². The first-order chi connectivity index (χ1) is 13.1. The van der Waals surface area contributed by atoms with Crippen LogP contribution in [0.15, 0.2) is 42.5 Å². The summed E-state index contributed by atoms with van der Waals surface area (Å²) in [6.07, 6.45) is 0.352. The molecule has 0 unspecified atom stereocenters. The van der Waals surface area contributed by atoms with E-state index >= 15 is 0 Å². The molecule has 0 radical (unpaired) electrons. The molecule has 1 aliphatic heterocycles. The molecule has 27 heavy (non-hydrogen) atoms. The van der Waals surface area contributed by atoms with Crippen LogP contribution in [-0.2, 0) is 17.8 Å². The van der Waals surface area contributed by atoms with Gasteiger partial charge in [0, 0.05) is 44.4 Å². The molecule has 0 atom stereocenters.